The maximum Gasteiger partial charge on any atom is 0.344 e. The van der Waals surface area contributed by atoms with E-state index in [0.29, 0.717) is 11.3 Å². The number of hydrogen-bond donors (Lipinski definition) is 1. The number of nitrogens with zero attached hydrogens (tertiary/aromatic N) is 2. The molecule has 7 nitrogen and oxygen atoms in total. The minimum absolute atomic E-state index is 0.123. The average molecular weight is 369 g/mol. The number of rotatable bonds is 7. The summed E-state index contributed by atoms with van der Waals surface area (Å²) in [4.78, 5) is 23.1. The first-order chi connectivity index (χ1) is 13.0. The molecule has 0 spiro atoms. The molecule has 138 valence electrons. The van der Waals surface area contributed by atoms with Crippen molar-refractivity contribution in [2.45, 2.75) is 6.92 Å². The first kappa shape index (κ1) is 19.6. The number of hydrogen-bond acceptors (Lipinski definition) is 6. The summed E-state index contributed by atoms with van der Waals surface area (Å²) in [5, 5.41) is 12.4. The summed E-state index contributed by atoms with van der Waals surface area (Å²) < 4.78 is 23.8. The van der Waals surface area contributed by atoms with Gasteiger partial charge in [0.1, 0.15) is 11.6 Å². The highest BCUT2D eigenvalue weighted by Gasteiger charge is 2.11. The monoisotopic (exact) mass is 369 g/mol. The number of nitriles is 1. The van der Waals surface area contributed by atoms with Crippen molar-refractivity contribution >= 4 is 18.1 Å². The lowest BCUT2D eigenvalue weighted by molar-refractivity contribution is -0.145. The van der Waals surface area contributed by atoms with Crippen LogP contribution in [-0.4, -0.2) is 31.3 Å². The van der Waals surface area contributed by atoms with E-state index in [1.807, 2.05) is 0 Å². The van der Waals surface area contributed by atoms with Crippen LogP contribution in [0.2, 0.25) is 0 Å². The zero-order chi connectivity index (χ0) is 19.6. The average Bonchev–Trinajstić information content (AvgIpc) is 2.67. The Balaban J connectivity index is 1.90. The fourth-order valence-corrected chi connectivity index (χ4v) is 1.99. The van der Waals surface area contributed by atoms with Gasteiger partial charge in [0.15, 0.2) is 6.61 Å². The third-order valence-corrected chi connectivity index (χ3v) is 3.26. The second-order valence-corrected chi connectivity index (χ2v) is 5.17. The van der Waals surface area contributed by atoms with E-state index in [1.165, 1.54) is 18.3 Å². The Hall–Kier alpha value is -3.73. The molecule has 1 amide bonds. The minimum Gasteiger partial charge on any atom is -0.482 e. The van der Waals surface area contributed by atoms with Gasteiger partial charge in [0.25, 0.3) is 5.91 Å². The van der Waals surface area contributed by atoms with Crippen molar-refractivity contribution in [2.75, 3.05) is 13.2 Å². The zero-order valence-electron chi connectivity index (χ0n) is 14.4. The van der Waals surface area contributed by atoms with Gasteiger partial charge in [-0.2, -0.15) is 10.4 Å². The number of hydrazone groups is 1. The molecule has 0 unspecified atom stereocenters. The molecule has 8 heteroatoms. The molecule has 0 atom stereocenters. The molecule has 0 aliphatic carbocycles. The molecular weight excluding hydrogens is 353 g/mol. The van der Waals surface area contributed by atoms with Crippen molar-refractivity contribution in [1.82, 2.24) is 5.43 Å². The SMILES string of the molecule is CCOC(=O)COc1ccc(/C=N\NC(=O)c2ccc(C#N)cc2F)cc1. The van der Waals surface area contributed by atoms with Gasteiger partial charge < -0.3 is 9.47 Å². The maximum absolute atomic E-state index is 13.7. The Morgan fingerprint density at radius 2 is 2.00 bits per heavy atom. The van der Waals surface area contributed by atoms with Crippen LogP contribution in [0, 0.1) is 17.1 Å². The van der Waals surface area contributed by atoms with Crippen molar-refractivity contribution in [1.29, 1.82) is 5.26 Å². The van der Waals surface area contributed by atoms with Crippen LogP contribution < -0.4 is 10.2 Å². The van der Waals surface area contributed by atoms with E-state index in [1.54, 1.807) is 37.3 Å². The lowest BCUT2D eigenvalue weighted by atomic mass is 10.1. The number of nitrogens with one attached hydrogen (secondary N) is 1. The molecule has 2 aromatic carbocycles. The Bertz CT molecular complexity index is 889. The highest BCUT2D eigenvalue weighted by molar-refractivity contribution is 5.95. The number of ether oxygens (including phenoxy) is 2. The molecule has 0 heterocycles. The van der Waals surface area contributed by atoms with Gasteiger partial charge in [0, 0.05) is 0 Å². The van der Waals surface area contributed by atoms with Gasteiger partial charge in [-0.25, -0.2) is 14.6 Å². The lowest BCUT2D eigenvalue weighted by Crippen LogP contribution is -2.19. The first-order valence-electron chi connectivity index (χ1n) is 7.95. The Labute approximate surface area is 155 Å². The highest BCUT2D eigenvalue weighted by Crippen LogP contribution is 2.12. The van der Waals surface area contributed by atoms with Crippen LogP contribution in [0.25, 0.3) is 0 Å². The van der Waals surface area contributed by atoms with Crippen LogP contribution in [0.5, 0.6) is 5.75 Å². The summed E-state index contributed by atoms with van der Waals surface area (Å²) >= 11 is 0. The van der Waals surface area contributed by atoms with Crippen molar-refractivity contribution in [3.05, 3.63) is 65.0 Å². The van der Waals surface area contributed by atoms with E-state index in [9.17, 15) is 14.0 Å². The molecule has 0 saturated heterocycles. The Morgan fingerprint density at radius 3 is 2.63 bits per heavy atom. The van der Waals surface area contributed by atoms with Gasteiger partial charge in [-0.1, -0.05) is 0 Å². The third-order valence-electron chi connectivity index (χ3n) is 3.26. The Kier molecular flexibility index (Phi) is 7.02. The lowest BCUT2D eigenvalue weighted by Gasteiger charge is -2.05. The summed E-state index contributed by atoms with van der Waals surface area (Å²) in [5.74, 6) is -1.52. The summed E-state index contributed by atoms with van der Waals surface area (Å²) in [6.45, 7) is 1.81. The number of amides is 1. The van der Waals surface area contributed by atoms with Crippen LogP contribution >= 0.6 is 0 Å². The number of esters is 1. The Morgan fingerprint density at radius 1 is 1.26 bits per heavy atom. The molecule has 2 rings (SSSR count). The summed E-state index contributed by atoms with van der Waals surface area (Å²) in [5.41, 5.74) is 2.77. The molecule has 2 aromatic rings. The molecule has 0 saturated carbocycles. The predicted octanol–water partition coefficient (Wildman–Crippen LogP) is 2.40. The maximum atomic E-state index is 13.7. The molecule has 0 bridgehead atoms. The van der Waals surface area contributed by atoms with E-state index in [-0.39, 0.29) is 24.3 Å². The van der Waals surface area contributed by atoms with Crippen molar-refractivity contribution < 1.29 is 23.5 Å². The minimum atomic E-state index is -0.801. The van der Waals surface area contributed by atoms with Gasteiger partial charge in [0.2, 0.25) is 0 Å². The number of carbonyl (C=O) groups is 2. The molecule has 0 fully saturated rings. The topological polar surface area (TPSA) is 101 Å². The summed E-state index contributed by atoms with van der Waals surface area (Å²) in [6.07, 6.45) is 1.37. The number of carbonyl (C=O) groups excluding carboxylic acids is 2. The third kappa shape index (κ3) is 5.93. The fraction of sp³-hybridized carbons (Fsp3) is 0.158. The molecule has 0 aliphatic rings. The quantitative estimate of drug-likeness (QED) is 0.459. The van der Waals surface area contributed by atoms with Gasteiger partial charge in [-0.15, -0.1) is 0 Å². The molecule has 0 aromatic heterocycles. The molecule has 0 radical (unpaired) electrons. The van der Waals surface area contributed by atoms with Crippen LogP contribution in [0.15, 0.2) is 47.6 Å². The van der Waals surface area contributed by atoms with E-state index in [4.69, 9.17) is 14.7 Å². The second-order valence-electron chi connectivity index (χ2n) is 5.17. The van der Waals surface area contributed by atoms with Crippen molar-refractivity contribution in [3.63, 3.8) is 0 Å². The van der Waals surface area contributed by atoms with E-state index < -0.39 is 17.7 Å². The van der Waals surface area contributed by atoms with Gasteiger partial charge in [-0.05, 0) is 55.0 Å². The second kappa shape index (κ2) is 9.68. The number of halogens is 1. The van der Waals surface area contributed by atoms with Crippen molar-refractivity contribution in [3.8, 4) is 11.8 Å². The molecule has 27 heavy (non-hydrogen) atoms. The van der Waals surface area contributed by atoms with Gasteiger partial charge >= 0.3 is 5.97 Å². The van der Waals surface area contributed by atoms with Crippen LogP contribution in [0.4, 0.5) is 4.39 Å². The molecular formula is C19H16FN3O4. The number of benzene rings is 2. The smallest absolute Gasteiger partial charge is 0.344 e. The summed E-state index contributed by atoms with van der Waals surface area (Å²) in [7, 11) is 0. The van der Waals surface area contributed by atoms with E-state index in [2.05, 4.69) is 10.5 Å². The van der Waals surface area contributed by atoms with E-state index in [0.717, 1.165) is 6.07 Å². The van der Waals surface area contributed by atoms with Gasteiger partial charge in [0.05, 0.1) is 30.0 Å². The predicted molar refractivity (Wildman–Crippen MR) is 94.7 cm³/mol. The standard InChI is InChI=1S/C19H16FN3O4/c1-2-26-18(24)12-27-15-6-3-13(4-7-15)11-22-23-19(25)16-8-5-14(10-21)9-17(16)20/h3-9,11H,2,12H2,1H3,(H,23,25)/b22-11-. The fourth-order valence-electron chi connectivity index (χ4n) is 1.99. The van der Waals surface area contributed by atoms with Crippen LogP contribution in [-0.2, 0) is 9.53 Å². The van der Waals surface area contributed by atoms with Crippen molar-refractivity contribution in [2.24, 2.45) is 5.10 Å². The largest absolute Gasteiger partial charge is 0.482 e. The van der Waals surface area contributed by atoms with Gasteiger partial charge in [-0.3, -0.25) is 4.79 Å². The normalized spacial score (nSPS) is 10.3. The van der Waals surface area contributed by atoms with Crippen LogP contribution in [0.3, 0.4) is 0 Å². The zero-order valence-corrected chi connectivity index (χ0v) is 14.4. The van der Waals surface area contributed by atoms with E-state index >= 15 is 0 Å². The first-order valence-corrected chi connectivity index (χ1v) is 7.95. The highest BCUT2D eigenvalue weighted by atomic mass is 19.1. The summed E-state index contributed by atoms with van der Waals surface area (Å²) in [6, 6.07) is 11.9. The van der Waals surface area contributed by atoms with Crippen LogP contribution in [0.1, 0.15) is 28.4 Å². The molecule has 1 N–H and O–H groups in total. The molecule has 0 aliphatic heterocycles.